The summed E-state index contributed by atoms with van der Waals surface area (Å²) in [5, 5.41) is 11.1. The number of rotatable bonds is 2. The maximum atomic E-state index is 13.8. The van der Waals surface area contributed by atoms with E-state index in [1.807, 2.05) is 6.92 Å². The Morgan fingerprint density at radius 3 is 2.50 bits per heavy atom. The maximum absolute atomic E-state index is 13.8. The molecule has 0 aliphatic rings. The zero-order valence-corrected chi connectivity index (χ0v) is 10.3. The lowest BCUT2D eigenvalue weighted by Crippen LogP contribution is -2.22. The number of carboxylic acid groups (broad SMARTS) is 1. The largest absolute Gasteiger partial charge is 0.545 e. The van der Waals surface area contributed by atoms with Gasteiger partial charge in [-0.1, -0.05) is 35.9 Å². The van der Waals surface area contributed by atoms with E-state index in [-0.39, 0.29) is 5.56 Å². The summed E-state index contributed by atoms with van der Waals surface area (Å²) in [5.41, 5.74) is 1.62. The van der Waals surface area contributed by atoms with Gasteiger partial charge in [0.15, 0.2) is 0 Å². The summed E-state index contributed by atoms with van der Waals surface area (Å²) in [6, 6.07) is 8.82. The molecule has 0 atom stereocenters. The van der Waals surface area contributed by atoms with Crippen LogP contribution in [0.5, 0.6) is 0 Å². The van der Waals surface area contributed by atoms with Crippen LogP contribution in [0.1, 0.15) is 15.9 Å². The third-order valence-corrected chi connectivity index (χ3v) is 3.09. The molecule has 2 aromatic rings. The first-order chi connectivity index (χ1) is 8.49. The highest BCUT2D eigenvalue weighted by Gasteiger charge is 2.08. The Balaban J connectivity index is 2.51. The van der Waals surface area contributed by atoms with E-state index in [2.05, 4.69) is 0 Å². The molecule has 4 heteroatoms. The second-order valence-electron chi connectivity index (χ2n) is 3.95. The van der Waals surface area contributed by atoms with E-state index < -0.39 is 11.8 Å². The smallest absolute Gasteiger partial charge is 0.131 e. The number of benzene rings is 2. The minimum absolute atomic E-state index is 0.186. The second-order valence-corrected chi connectivity index (χ2v) is 4.35. The Morgan fingerprint density at radius 1 is 1.22 bits per heavy atom. The van der Waals surface area contributed by atoms with Gasteiger partial charge in [0.1, 0.15) is 5.82 Å². The van der Waals surface area contributed by atoms with Crippen molar-refractivity contribution >= 4 is 17.6 Å². The Morgan fingerprint density at radius 2 is 1.94 bits per heavy atom. The van der Waals surface area contributed by atoms with Gasteiger partial charge >= 0.3 is 0 Å². The van der Waals surface area contributed by atoms with Crippen molar-refractivity contribution in [3.8, 4) is 11.1 Å². The highest BCUT2D eigenvalue weighted by Crippen LogP contribution is 2.27. The fourth-order valence-electron chi connectivity index (χ4n) is 1.64. The molecule has 0 unspecified atom stereocenters. The molecule has 0 saturated heterocycles. The minimum Gasteiger partial charge on any atom is -0.545 e. The van der Waals surface area contributed by atoms with Crippen LogP contribution in [0.3, 0.4) is 0 Å². The standard InChI is InChI=1S/C14H10ClFO2/c1-8-2-3-9(6-12(8)15)11-5-4-10(14(17)18)7-13(11)16/h2-7H,1H3,(H,17,18)/p-1. The average molecular weight is 264 g/mol. The number of hydrogen-bond donors (Lipinski definition) is 0. The van der Waals surface area contributed by atoms with E-state index in [0.29, 0.717) is 16.1 Å². The zero-order chi connectivity index (χ0) is 13.3. The summed E-state index contributed by atoms with van der Waals surface area (Å²) in [4.78, 5) is 10.6. The molecule has 0 bridgehead atoms. The van der Waals surface area contributed by atoms with Crippen LogP contribution in [-0.2, 0) is 0 Å². The number of aryl methyl sites for hydroxylation is 1. The van der Waals surface area contributed by atoms with Crippen molar-refractivity contribution < 1.29 is 14.3 Å². The fourth-order valence-corrected chi connectivity index (χ4v) is 1.82. The lowest BCUT2D eigenvalue weighted by Gasteiger charge is -2.08. The lowest BCUT2D eigenvalue weighted by atomic mass is 10.0. The highest BCUT2D eigenvalue weighted by atomic mass is 35.5. The zero-order valence-electron chi connectivity index (χ0n) is 9.54. The Labute approximate surface area is 109 Å². The normalized spacial score (nSPS) is 10.4. The number of hydrogen-bond acceptors (Lipinski definition) is 2. The first-order valence-corrected chi connectivity index (χ1v) is 5.64. The fraction of sp³-hybridized carbons (Fsp3) is 0.0714. The van der Waals surface area contributed by atoms with Crippen molar-refractivity contribution in [3.05, 3.63) is 58.4 Å². The second kappa shape index (κ2) is 4.78. The first kappa shape index (κ1) is 12.6. The quantitative estimate of drug-likeness (QED) is 0.836. The van der Waals surface area contributed by atoms with Gasteiger partial charge in [-0.3, -0.25) is 0 Å². The van der Waals surface area contributed by atoms with Gasteiger partial charge in [0.2, 0.25) is 0 Å². The van der Waals surface area contributed by atoms with Crippen LogP contribution in [-0.4, -0.2) is 5.97 Å². The van der Waals surface area contributed by atoms with Gasteiger partial charge in [0.05, 0.1) is 5.97 Å². The summed E-state index contributed by atoms with van der Waals surface area (Å²) in [6.07, 6.45) is 0. The van der Waals surface area contributed by atoms with Crippen LogP contribution in [0.4, 0.5) is 4.39 Å². The predicted molar refractivity (Wildman–Crippen MR) is 65.9 cm³/mol. The van der Waals surface area contributed by atoms with Crippen LogP contribution in [0.25, 0.3) is 11.1 Å². The van der Waals surface area contributed by atoms with Gasteiger partial charge in [-0.25, -0.2) is 4.39 Å². The molecule has 0 N–H and O–H groups in total. The molecule has 0 amide bonds. The van der Waals surface area contributed by atoms with Crippen LogP contribution in [0.2, 0.25) is 5.02 Å². The van der Waals surface area contributed by atoms with Crippen molar-refractivity contribution in [1.29, 1.82) is 0 Å². The molecule has 0 aromatic heterocycles. The van der Waals surface area contributed by atoms with Crippen LogP contribution < -0.4 is 5.11 Å². The van der Waals surface area contributed by atoms with Gasteiger partial charge in [0, 0.05) is 16.1 Å². The van der Waals surface area contributed by atoms with Crippen LogP contribution in [0.15, 0.2) is 36.4 Å². The summed E-state index contributed by atoms with van der Waals surface area (Å²) < 4.78 is 13.8. The van der Waals surface area contributed by atoms with Gasteiger partial charge in [-0.05, 0) is 30.2 Å². The van der Waals surface area contributed by atoms with Gasteiger partial charge in [-0.2, -0.15) is 0 Å². The van der Waals surface area contributed by atoms with Gasteiger partial charge in [-0.15, -0.1) is 0 Å². The van der Waals surface area contributed by atoms with E-state index in [1.165, 1.54) is 12.1 Å². The molecular formula is C14H9ClFO2-. The van der Waals surface area contributed by atoms with Crippen LogP contribution in [0, 0.1) is 12.7 Å². The topological polar surface area (TPSA) is 40.1 Å². The molecule has 0 aliphatic carbocycles. The molecule has 2 aromatic carbocycles. The molecule has 0 heterocycles. The van der Waals surface area contributed by atoms with Crippen LogP contribution >= 0.6 is 11.6 Å². The summed E-state index contributed by atoms with van der Waals surface area (Å²) >= 11 is 5.97. The number of carbonyl (C=O) groups is 1. The third-order valence-electron chi connectivity index (χ3n) is 2.69. The first-order valence-electron chi connectivity index (χ1n) is 5.26. The molecule has 2 rings (SSSR count). The van der Waals surface area contributed by atoms with E-state index in [0.717, 1.165) is 11.6 Å². The van der Waals surface area contributed by atoms with Crippen molar-refractivity contribution in [3.63, 3.8) is 0 Å². The number of carbonyl (C=O) groups excluding carboxylic acids is 1. The minimum atomic E-state index is -1.40. The van der Waals surface area contributed by atoms with E-state index in [1.54, 1.807) is 18.2 Å². The Bertz CT molecular complexity index is 623. The molecule has 0 radical (unpaired) electrons. The summed E-state index contributed by atoms with van der Waals surface area (Å²) in [7, 11) is 0. The van der Waals surface area contributed by atoms with Crippen molar-refractivity contribution in [1.82, 2.24) is 0 Å². The van der Waals surface area contributed by atoms with Crippen molar-refractivity contribution in [2.75, 3.05) is 0 Å². The van der Waals surface area contributed by atoms with E-state index >= 15 is 0 Å². The Kier molecular flexibility index (Phi) is 3.34. The molecule has 92 valence electrons. The monoisotopic (exact) mass is 263 g/mol. The number of aromatic carboxylic acids is 1. The number of halogens is 2. The highest BCUT2D eigenvalue weighted by molar-refractivity contribution is 6.31. The maximum Gasteiger partial charge on any atom is 0.131 e. The average Bonchev–Trinajstić information content (AvgIpc) is 2.32. The predicted octanol–water partition coefficient (Wildman–Crippen LogP) is 2.82. The van der Waals surface area contributed by atoms with Crippen molar-refractivity contribution in [2.45, 2.75) is 6.92 Å². The molecule has 0 aliphatic heterocycles. The van der Waals surface area contributed by atoms with Gasteiger partial charge in [0.25, 0.3) is 0 Å². The molecule has 2 nitrogen and oxygen atoms in total. The number of carboxylic acids is 1. The summed E-state index contributed by atoms with van der Waals surface area (Å²) in [6.45, 7) is 1.85. The summed E-state index contributed by atoms with van der Waals surface area (Å²) in [5.74, 6) is -2.01. The van der Waals surface area contributed by atoms with E-state index in [9.17, 15) is 14.3 Å². The molecular weight excluding hydrogens is 255 g/mol. The molecule has 0 saturated carbocycles. The van der Waals surface area contributed by atoms with Crippen molar-refractivity contribution in [2.24, 2.45) is 0 Å². The molecule has 18 heavy (non-hydrogen) atoms. The SMILES string of the molecule is Cc1ccc(-c2ccc(C(=O)[O-])cc2F)cc1Cl. The lowest BCUT2D eigenvalue weighted by molar-refractivity contribution is -0.255. The Hall–Kier alpha value is -1.87. The van der Waals surface area contributed by atoms with E-state index in [4.69, 9.17) is 11.6 Å². The van der Waals surface area contributed by atoms with Gasteiger partial charge < -0.3 is 9.90 Å². The molecule has 0 spiro atoms. The third kappa shape index (κ3) is 2.36. The molecule has 0 fully saturated rings.